The predicted octanol–water partition coefficient (Wildman–Crippen LogP) is 2.44. The lowest BCUT2D eigenvalue weighted by atomic mass is 10.0. The smallest absolute Gasteiger partial charge is 0.228 e. The molecule has 2 aromatic rings. The Kier molecular flexibility index (Phi) is 5.48. The first-order valence-electron chi connectivity index (χ1n) is 8.19. The molecule has 0 bridgehead atoms. The van der Waals surface area contributed by atoms with Gasteiger partial charge in [0.15, 0.2) is 0 Å². The number of hydrogen-bond acceptors (Lipinski definition) is 4. The van der Waals surface area contributed by atoms with Crippen molar-refractivity contribution in [3.8, 4) is 0 Å². The van der Waals surface area contributed by atoms with Crippen molar-refractivity contribution in [1.82, 2.24) is 14.7 Å². The molecule has 2 atom stereocenters. The van der Waals surface area contributed by atoms with E-state index in [9.17, 15) is 4.79 Å². The van der Waals surface area contributed by atoms with E-state index in [-0.39, 0.29) is 18.1 Å². The minimum atomic E-state index is 0.0514. The molecule has 0 N–H and O–H groups in total. The van der Waals surface area contributed by atoms with Crippen molar-refractivity contribution in [2.75, 3.05) is 13.2 Å². The van der Waals surface area contributed by atoms with Gasteiger partial charge in [-0.2, -0.15) is 5.10 Å². The third kappa shape index (κ3) is 3.94. The van der Waals surface area contributed by atoms with Gasteiger partial charge in [0, 0.05) is 24.7 Å². The molecule has 1 aliphatic heterocycles. The number of likely N-dealkylation sites (tertiary alicyclic amines) is 1. The summed E-state index contributed by atoms with van der Waals surface area (Å²) in [6.07, 6.45) is 7.79. The molecule has 1 aliphatic rings. The Morgan fingerprint density at radius 2 is 2.46 bits per heavy atom. The van der Waals surface area contributed by atoms with E-state index >= 15 is 0 Å². The van der Waals surface area contributed by atoms with E-state index in [1.54, 1.807) is 22.1 Å². The van der Waals surface area contributed by atoms with Gasteiger partial charge in [-0.05, 0) is 29.9 Å². The van der Waals surface area contributed by atoms with Crippen LogP contribution in [0.1, 0.15) is 16.9 Å². The topological polar surface area (TPSA) is 47.4 Å². The fourth-order valence-corrected chi connectivity index (χ4v) is 3.94. The average Bonchev–Trinajstić information content (AvgIpc) is 3.28. The van der Waals surface area contributed by atoms with Crippen LogP contribution in [0.5, 0.6) is 0 Å². The Balaban J connectivity index is 1.72. The molecule has 3 rings (SSSR count). The van der Waals surface area contributed by atoms with Crippen LogP contribution in [0.2, 0.25) is 0 Å². The maximum absolute atomic E-state index is 12.8. The highest BCUT2D eigenvalue weighted by atomic mass is 32.1. The average molecular weight is 345 g/mol. The highest BCUT2D eigenvalue weighted by molar-refractivity contribution is 7.10. The van der Waals surface area contributed by atoms with E-state index in [1.807, 2.05) is 41.9 Å². The van der Waals surface area contributed by atoms with Crippen molar-refractivity contribution in [2.24, 2.45) is 7.05 Å². The second-order valence-electron chi connectivity index (χ2n) is 6.09. The number of hydrogen-bond donors (Lipinski definition) is 0. The molecular formula is C18H23N3O2S. The van der Waals surface area contributed by atoms with Crippen molar-refractivity contribution in [2.45, 2.75) is 31.4 Å². The van der Waals surface area contributed by atoms with E-state index in [0.717, 1.165) is 29.8 Å². The lowest BCUT2D eigenvalue weighted by molar-refractivity contribution is -0.132. The largest absolute Gasteiger partial charge is 0.372 e. The molecule has 0 spiro atoms. The summed E-state index contributed by atoms with van der Waals surface area (Å²) in [6, 6.07) is 4.06. The molecule has 0 unspecified atom stereocenters. The van der Waals surface area contributed by atoms with Crippen LogP contribution in [0.25, 0.3) is 0 Å². The van der Waals surface area contributed by atoms with E-state index < -0.39 is 0 Å². The summed E-state index contributed by atoms with van der Waals surface area (Å²) in [6.45, 7) is 4.98. The van der Waals surface area contributed by atoms with E-state index in [4.69, 9.17) is 4.74 Å². The fraction of sp³-hybridized carbons (Fsp3) is 0.444. The number of rotatable bonds is 7. The van der Waals surface area contributed by atoms with Gasteiger partial charge in [0.05, 0.1) is 31.4 Å². The molecule has 1 fully saturated rings. The Hall–Kier alpha value is -1.92. The molecule has 2 aromatic heterocycles. The highest BCUT2D eigenvalue weighted by Crippen LogP contribution is 2.26. The van der Waals surface area contributed by atoms with E-state index in [2.05, 4.69) is 11.7 Å². The summed E-state index contributed by atoms with van der Waals surface area (Å²) >= 11 is 1.63. The van der Waals surface area contributed by atoms with Crippen molar-refractivity contribution >= 4 is 17.2 Å². The molecule has 5 nitrogen and oxygen atoms in total. The Labute approximate surface area is 146 Å². The zero-order valence-corrected chi connectivity index (χ0v) is 14.7. The zero-order chi connectivity index (χ0) is 16.9. The van der Waals surface area contributed by atoms with Crippen LogP contribution in [-0.4, -0.2) is 45.9 Å². The van der Waals surface area contributed by atoms with Crippen molar-refractivity contribution in [3.63, 3.8) is 0 Å². The van der Waals surface area contributed by atoms with Crippen LogP contribution in [0, 0.1) is 0 Å². The first-order valence-corrected chi connectivity index (χ1v) is 9.07. The second kappa shape index (κ2) is 7.77. The van der Waals surface area contributed by atoms with Crippen LogP contribution in [0.4, 0.5) is 0 Å². The normalized spacial score (nSPS) is 20.5. The molecule has 0 saturated carbocycles. The minimum Gasteiger partial charge on any atom is -0.372 e. The predicted molar refractivity (Wildman–Crippen MR) is 95.0 cm³/mol. The van der Waals surface area contributed by atoms with Crippen molar-refractivity contribution in [3.05, 3.63) is 53.0 Å². The number of nitrogens with zero attached hydrogens (tertiary/aromatic N) is 3. The summed E-state index contributed by atoms with van der Waals surface area (Å²) < 4.78 is 7.72. The number of carbonyl (C=O) groups is 1. The van der Waals surface area contributed by atoms with Gasteiger partial charge in [0.2, 0.25) is 5.91 Å². The summed E-state index contributed by atoms with van der Waals surface area (Å²) in [5.41, 5.74) is 1.13. The molecular weight excluding hydrogens is 322 g/mol. The third-order valence-corrected chi connectivity index (χ3v) is 5.22. The molecule has 24 heavy (non-hydrogen) atoms. The number of amides is 1. The molecule has 6 heteroatoms. The summed E-state index contributed by atoms with van der Waals surface area (Å²) in [4.78, 5) is 15.9. The van der Waals surface area contributed by atoms with Crippen LogP contribution in [-0.2, 0) is 29.4 Å². The van der Waals surface area contributed by atoms with Crippen LogP contribution >= 0.6 is 11.3 Å². The molecule has 0 radical (unpaired) electrons. The lowest BCUT2D eigenvalue weighted by Crippen LogP contribution is -2.42. The Morgan fingerprint density at radius 3 is 3.12 bits per heavy atom. The Bertz CT molecular complexity index is 680. The molecule has 0 aliphatic carbocycles. The van der Waals surface area contributed by atoms with Crippen molar-refractivity contribution in [1.29, 1.82) is 0 Å². The number of carbonyl (C=O) groups excluding carboxylic acids is 1. The summed E-state index contributed by atoms with van der Waals surface area (Å²) in [5.74, 6) is 0.177. The third-order valence-electron chi connectivity index (χ3n) is 4.34. The number of aromatic nitrogens is 2. The maximum atomic E-state index is 12.8. The van der Waals surface area contributed by atoms with Crippen LogP contribution < -0.4 is 0 Å². The standard InChI is InChI=1S/C18H23N3O2S/c1-3-8-23-17-6-7-21(18(22)11-15-5-4-9-24-15)16(17)10-14-12-19-20(2)13-14/h3-5,9,12-13,16-17H,1,6-8,10-11H2,2H3/t16-,17-/m0/s1. The molecule has 1 amide bonds. The zero-order valence-electron chi connectivity index (χ0n) is 13.9. The Morgan fingerprint density at radius 1 is 1.58 bits per heavy atom. The van der Waals surface area contributed by atoms with E-state index in [1.165, 1.54) is 0 Å². The lowest BCUT2D eigenvalue weighted by Gasteiger charge is -2.28. The quantitative estimate of drug-likeness (QED) is 0.724. The van der Waals surface area contributed by atoms with Gasteiger partial charge in [-0.25, -0.2) is 0 Å². The molecule has 1 saturated heterocycles. The van der Waals surface area contributed by atoms with Crippen molar-refractivity contribution < 1.29 is 9.53 Å². The SMILES string of the molecule is C=CCO[C@H]1CCN(C(=O)Cc2cccs2)[C@H]1Cc1cnn(C)c1. The minimum absolute atomic E-state index is 0.0514. The maximum Gasteiger partial charge on any atom is 0.228 e. The number of ether oxygens (including phenoxy) is 1. The number of thiophene rings is 1. The van der Waals surface area contributed by atoms with Crippen LogP contribution in [0.15, 0.2) is 42.6 Å². The monoisotopic (exact) mass is 345 g/mol. The van der Waals surface area contributed by atoms with Gasteiger partial charge in [-0.15, -0.1) is 17.9 Å². The number of aryl methyl sites for hydroxylation is 1. The summed E-state index contributed by atoms with van der Waals surface area (Å²) in [7, 11) is 1.91. The van der Waals surface area contributed by atoms with Crippen LogP contribution in [0.3, 0.4) is 0 Å². The molecule has 3 heterocycles. The first kappa shape index (κ1) is 16.9. The van der Waals surface area contributed by atoms with Gasteiger partial charge in [-0.1, -0.05) is 12.1 Å². The molecule has 128 valence electrons. The van der Waals surface area contributed by atoms with Gasteiger partial charge >= 0.3 is 0 Å². The van der Waals surface area contributed by atoms with Gasteiger partial charge in [0.1, 0.15) is 0 Å². The van der Waals surface area contributed by atoms with Gasteiger partial charge < -0.3 is 9.64 Å². The van der Waals surface area contributed by atoms with Gasteiger partial charge in [0.25, 0.3) is 0 Å². The first-order chi connectivity index (χ1) is 11.7. The molecule has 0 aromatic carbocycles. The summed E-state index contributed by atoms with van der Waals surface area (Å²) in [5, 5.41) is 6.24. The van der Waals surface area contributed by atoms with E-state index in [0.29, 0.717) is 13.0 Å². The highest BCUT2D eigenvalue weighted by Gasteiger charge is 2.37. The fourth-order valence-electron chi connectivity index (χ4n) is 3.25. The second-order valence-corrected chi connectivity index (χ2v) is 7.12. The van der Waals surface area contributed by atoms with Gasteiger partial charge in [-0.3, -0.25) is 9.48 Å².